The highest BCUT2D eigenvalue weighted by molar-refractivity contribution is 5.49. The van der Waals surface area contributed by atoms with Crippen molar-refractivity contribution < 1.29 is 9.13 Å². The van der Waals surface area contributed by atoms with E-state index in [2.05, 4.69) is 36.0 Å². The number of ether oxygens (including phenoxy) is 1. The molecule has 1 aliphatic heterocycles. The maximum atomic E-state index is 13.5. The van der Waals surface area contributed by atoms with Crippen molar-refractivity contribution in [2.45, 2.75) is 39.3 Å². The molecule has 112 valence electrons. The molecule has 1 saturated heterocycles. The van der Waals surface area contributed by atoms with Gasteiger partial charge in [-0.05, 0) is 32.9 Å². The molecule has 2 rings (SSSR count). The maximum absolute atomic E-state index is 13.5. The van der Waals surface area contributed by atoms with Gasteiger partial charge in [0.15, 0.2) is 0 Å². The van der Waals surface area contributed by atoms with Crippen LogP contribution >= 0.6 is 0 Å². The summed E-state index contributed by atoms with van der Waals surface area (Å²) in [5.41, 5.74) is 0.788. The molecular weight excluding hydrogens is 257 g/mol. The van der Waals surface area contributed by atoms with Crippen molar-refractivity contribution in [1.82, 2.24) is 10.3 Å². The predicted molar refractivity (Wildman–Crippen MR) is 78.4 cm³/mol. The van der Waals surface area contributed by atoms with Crippen LogP contribution in [0, 0.1) is 5.82 Å². The Balaban J connectivity index is 2.25. The number of anilines is 1. The number of nitrogens with one attached hydrogen (secondary N) is 1. The molecule has 0 bridgehead atoms. The molecule has 1 fully saturated rings. The van der Waals surface area contributed by atoms with Gasteiger partial charge in [0.1, 0.15) is 11.6 Å². The second kappa shape index (κ2) is 6.50. The minimum atomic E-state index is -0.284. The molecule has 0 unspecified atom stereocenters. The van der Waals surface area contributed by atoms with E-state index in [-0.39, 0.29) is 11.4 Å². The molecule has 0 atom stereocenters. The summed E-state index contributed by atoms with van der Waals surface area (Å²) in [7, 11) is 0. The van der Waals surface area contributed by atoms with Crippen LogP contribution < -0.4 is 10.2 Å². The van der Waals surface area contributed by atoms with Crippen molar-refractivity contribution in [2.75, 3.05) is 31.2 Å². The molecule has 1 aromatic heterocycles. The SMILES string of the molecule is CCCNCc1cc(F)cnc1N1CCOCC1(C)C. The number of morpholine rings is 1. The third-order valence-electron chi connectivity index (χ3n) is 3.55. The average molecular weight is 281 g/mol. The lowest BCUT2D eigenvalue weighted by Crippen LogP contribution is -2.54. The minimum absolute atomic E-state index is 0.122. The lowest BCUT2D eigenvalue weighted by Gasteiger charge is -2.43. The molecule has 0 spiro atoms. The van der Waals surface area contributed by atoms with Gasteiger partial charge in [0.25, 0.3) is 0 Å². The van der Waals surface area contributed by atoms with Crippen molar-refractivity contribution in [2.24, 2.45) is 0 Å². The Morgan fingerprint density at radius 1 is 1.50 bits per heavy atom. The van der Waals surface area contributed by atoms with E-state index in [1.54, 1.807) is 6.07 Å². The van der Waals surface area contributed by atoms with E-state index < -0.39 is 0 Å². The van der Waals surface area contributed by atoms with E-state index in [0.717, 1.165) is 30.9 Å². The normalized spacial score (nSPS) is 18.3. The highest BCUT2D eigenvalue weighted by Crippen LogP contribution is 2.28. The van der Waals surface area contributed by atoms with Crippen molar-refractivity contribution in [3.63, 3.8) is 0 Å². The summed E-state index contributed by atoms with van der Waals surface area (Å²) in [4.78, 5) is 6.55. The van der Waals surface area contributed by atoms with E-state index in [0.29, 0.717) is 19.8 Å². The largest absolute Gasteiger partial charge is 0.377 e. The van der Waals surface area contributed by atoms with Gasteiger partial charge < -0.3 is 15.0 Å². The molecule has 1 aromatic rings. The lowest BCUT2D eigenvalue weighted by molar-refractivity contribution is 0.0638. The maximum Gasteiger partial charge on any atom is 0.141 e. The molecule has 4 nitrogen and oxygen atoms in total. The van der Waals surface area contributed by atoms with Crippen molar-refractivity contribution in [3.8, 4) is 0 Å². The van der Waals surface area contributed by atoms with Crippen LogP contribution in [-0.2, 0) is 11.3 Å². The summed E-state index contributed by atoms with van der Waals surface area (Å²) in [5.74, 6) is 0.580. The number of hydrogen-bond acceptors (Lipinski definition) is 4. The van der Waals surface area contributed by atoms with Gasteiger partial charge in [-0.25, -0.2) is 9.37 Å². The first-order valence-corrected chi connectivity index (χ1v) is 7.25. The summed E-state index contributed by atoms with van der Waals surface area (Å²) in [6.45, 7) is 10.1. The highest BCUT2D eigenvalue weighted by atomic mass is 19.1. The number of nitrogens with zero attached hydrogens (tertiary/aromatic N) is 2. The molecule has 0 aliphatic carbocycles. The van der Waals surface area contributed by atoms with Crippen LogP contribution in [0.2, 0.25) is 0 Å². The third-order valence-corrected chi connectivity index (χ3v) is 3.55. The quantitative estimate of drug-likeness (QED) is 0.841. The monoisotopic (exact) mass is 281 g/mol. The Labute approximate surface area is 120 Å². The molecular formula is C15H24FN3O. The molecule has 20 heavy (non-hydrogen) atoms. The standard InChI is InChI=1S/C15H24FN3O/c1-4-5-17-9-12-8-13(16)10-18-14(12)19-6-7-20-11-15(19,2)3/h8,10,17H,4-7,9,11H2,1-3H3. The molecule has 2 heterocycles. The van der Waals surface area contributed by atoms with Crippen molar-refractivity contribution in [3.05, 3.63) is 23.6 Å². The fraction of sp³-hybridized carbons (Fsp3) is 0.667. The number of rotatable bonds is 5. The summed E-state index contributed by atoms with van der Waals surface area (Å²) < 4.78 is 19.0. The van der Waals surface area contributed by atoms with E-state index in [1.807, 2.05) is 0 Å². The van der Waals surface area contributed by atoms with Gasteiger partial charge in [-0.2, -0.15) is 0 Å². The summed E-state index contributed by atoms with van der Waals surface area (Å²) in [6.07, 6.45) is 2.35. The Kier molecular flexibility index (Phi) is 4.94. The number of aromatic nitrogens is 1. The summed E-state index contributed by atoms with van der Waals surface area (Å²) in [6, 6.07) is 1.58. The second-order valence-corrected chi connectivity index (χ2v) is 5.83. The third kappa shape index (κ3) is 3.46. The van der Waals surface area contributed by atoms with Gasteiger partial charge in [0.2, 0.25) is 0 Å². The van der Waals surface area contributed by atoms with Crippen LogP contribution in [0.25, 0.3) is 0 Å². The van der Waals surface area contributed by atoms with Gasteiger partial charge >= 0.3 is 0 Å². The Morgan fingerprint density at radius 2 is 2.30 bits per heavy atom. The van der Waals surface area contributed by atoms with Crippen LogP contribution in [0.1, 0.15) is 32.8 Å². The van der Waals surface area contributed by atoms with Crippen LogP contribution in [-0.4, -0.2) is 36.8 Å². The van der Waals surface area contributed by atoms with Gasteiger partial charge in [-0.15, -0.1) is 0 Å². The van der Waals surface area contributed by atoms with E-state index in [1.165, 1.54) is 6.20 Å². The molecule has 0 radical (unpaired) electrons. The Bertz CT molecular complexity index is 451. The van der Waals surface area contributed by atoms with Crippen LogP contribution in [0.4, 0.5) is 10.2 Å². The first kappa shape index (κ1) is 15.2. The summed E-state index contributed by atoms with van der Waals surface area (Å²) in [5, 5.41) is 3.32. The smallest absolute Gasteiger partial charge is 0.141 e. The average Bonchev–Trinajstić information content (AvgIpc) is 2.40. The molecule has 0 amide bonds. The fourth-order valence-corrected chi connectivity index (χ4v) is 2.50. The lowest BCUT2D eigenvalue weighted by atomic mass is 10.0. The topological polar surface area (TPSA) is 37.4 Å². The number of pyridine rings is 1. The zero-order valence-corrected chi connectivity index (χ0v) is 12.6. The van der Waals surface area contributed by atoms with Gasteiger partial charge in [0.05, 0.1) is 24.9 Å². The first-order valence-electron chi connectivity index (χ1n) is 7.25. The van der Waals surface area contributed by atoms with Gasteiger partial charge in [-0.1, -0.05) is 6.92 Å². The number of halogens is 1. The van der Waals surface area contributed by atoms with E-state index in [4.69, 9.17) is 4.74 Å². The molecule has 0 aromatic carbocycles. The predicted octanol–water partition coefficient (Wildman–Crippen LogP) is 2.34. The second-order valence-electron chi connectivity index (χ2n) is 5.83. The minimum Gasteiger partial charge on any atom is -0.377 e. The van der Waals surface area contributed by atoms with Crippen molar-refractivity contribution in [1.29, 1.82) is 0 Å². The number of hydrogen-bond donors (Lipinski definition) is 1. The summed E-state index contributed by atoms with van der Waals surface area (Å²) >= 11 is 0. The van der Waals surface area contributed by atoms with Gasteiger partial charge in [-0.3, -0.25) is 0 Å². The zero-order chi connectivity index (χ0) is 14.6. The van der Waals surface area contributed by atoms with Crippen LogP contribution in [0.15, 0.2) is 12.3 Å². The zero-order valence-electron chi connectivity index (χ0n) is 12.6. The van der Waals surface area contributed by atoms with E-state index >= 15 is 0 Å². The van der Waals surface area contributed by atoms with Gasteiger partial charge in [0, 0.05) is 18.7 Å². The van der Waals surface area contributed by atoms with Crippen LogP contribution in [0.3, 0.4) is 0 Å². The highest BCUT2D eigenvalue weighted by Gasteiger charge is 2.32. The van der Waals surface area contributed by atoms with Crippen LogP contribution in [0.5, 0.6) is 0 Å². The molecule has 5 heteroatoms. The van der Waals surface area contributed by atoms with Crippen molar-refractivity contribution >= 4 is 5.82 Å². The Hall–Kier alpha value is -1.20. The molecule has 0 saturated carbocycles. The Morgan fingerprint density at radius 3 is 3.00 bits per heavy atom. The molecule has 1 N–H and O–H groups in total. The molecule has 1 aliphatic rings. The first-order chi connectivity index (χ1) is 9.54. The fourth-order valence-electron chi connectivity index (χ4n) is 2.50. The van der Waals surface area contributed by atoms with E-state index in [9.17, 15) is 4.39 Å².